The highest BCUT2D eigenvalue weighted by Gasteiger charge is 2.08. The number of hydrogen-bond acceptors (Lipinski definition) is 3. The van der Waals surface area contributed by atoms with Gasteiger partial charge in [-0.25, -0.2) is 0 Å². The number of rotatable bonds is 4. The Morgan fingerprint density at radius 1 is 1.22 bits per heavy atom. The van der Waals surface area contributed by atoms with Crippen molar-refractivity contribution in [3.8, 4) is 0 Å². The first-order valence-corrected chi connectivity index (χ1v) is 7.02. The number of hydrogen-bond donors (Lipinski definition) is 1. The van der Waals surface area contributed by atoms with Gasteiger partial charge in [-0.05, 0) is 18.2 Å². The lowest BCUT2D eigenvalue weighted by molar-refractivity contribution is 0.255. The van der Waals surface area contributed by atoms with Gasteiger partial charge >= 0.3 is 0 Å². The van der Waals surface area contributed by atoms with Gasteiger partial charge in [0.25, 0.3) is 0 Å². The van der Waals surface area contributed by atoms with Crippen molar-refractivity contribution in [2.45, 2.75) is 4.90 Å². The molecule has 2 nitrogen and oxygen atoms in total. The van der Waals surface area contributed by atoms with E-state index in [0.717, 1.165) is 23.9 Å². The first kappa shape index (κ1) is 18.4. The van der Waals surface area contributed by atoms with Crippen LogP contribution in [0.3, 0.4) is 0 Å². The highest BCUT2D eigenvalue weighted by atomic mass is 35.5. The minimum Gasteiger partial charge on any atom is -0.314 e. The fourth-order valence-electron chi connectivity index (χ4n) is 1.78. The van der Waals surface area contributed by atoms with Crippen LogP contribution < -0.4 is 5.32 Å². The molecule has 18 heavy (non-hydrogen) atoms. The van der Waals surface area contributed by atoms with E-state index in [1.165, 1.54) is 24.5 Å². The summed E-state index contributed by atoms with van der Waals surface area (Å²) in [6.45, 7) is 5.77. The number of halogens is 3. The van der Waals surface area contributed by atoms with Crippen LogP contribution in [-0.2, 0) is 0 Å². The molecule has 1 aromatic rings. The van der Waals surface area contributed by atoms with E-state index < -0.39 is 0 Å². The third kappa shape index (κ3) is 6.50. The molecule has 1 N–H and O–H groups in total. The Kier molecular flexibility index (Phi) is 10.4. The van der Waals surface area contributed by atoms with Crippen molar-refractivity contribution >= 4 is 48.2 Å². The lowest BCUT2D eigenvalue weighted by atomic mass is 10.4. The lowest BCUT2D eigenvalue weighted by Crippen LogP contribution is -2.44. The zero-order valence-electron chi connectivity index (χ0n) is 10.1. The van der Waals surface area contributed by atoms with E-state index in [1.54, 1.807) is 0 Å². The monoisotopic (exact) mass is 328 g/mol. The molecule has 6 heteroatoms. The molecule has 0 radical (unpaired) electrons. The zero-order chi connectivity index (χ0) is 11.2. The van der Waals surface area contributed by atoms with Gasteiger partial charge < -0.3 is 5.32 Å². The molecule has 0 unspecified atom stereocenters. The topological polar surface area (TPSA) is 15.3 Å². The maximum Gasteiger partial charge on any atom is 0.0417 e. The van der Waals surface area contributed by atoms with Gasteiger partial charge in [-0.1, -0.05) is 17.7 Å². The van der Waals surface area contributed by atoms with E-state index in [9.17, 15) is 0 Å². The SMILES string of the molecule is Cl.Cl.Clc1cccc(SCCN2CCNCC2)c1. The standard InChI is InChI=1S/C12H17ClN2S.2ClH/c13-11-2-1-3-12(10-11)16-9-8-15-6-4-14-5-7-15;;/h1-3,10,14H,4-9H2;2*1H. The van der Waals surface area contributed by atoms with Crippen LogP contribution in [0.25, 0.3) is 0 Å². The van der Waals surface area contributed by atoms with Gasteiger partial charge in [0.2, 0.25) is 0 Å². The highest BCUT2D eigenvalue weighted by molar-refractivity contribution is 7.99. The molecule has 104 valence electrons. The van der Waals surface area contributed by atoms with E-state index in [-0.39, 0.29) is 24.8 Å². The summed E-state index contributed by atoms with van der Waals surface area (Å²) in [4.78, 5) is 3.77. The predicted molar refractivity (Wildman–Crippen MR) is 86.0 cm³/mol. The Morgan fingerprint density at radius 3 is 2.61 bits per heavy atom. The summed E-state index contributed by atoms with van der Waals surface area (Å²) in [7, 11) is 0. The van der Waals surface area contributed by atoms with Crippen molar-refractivity contribution in [3.05, 3.63) is 29.3 Å². The number of benzene rings is 1. The number of nitrogens with zero attached hydrogens (tertiary/aromatic N) is 1. The minimum absolute atomic E-state index is 0. The highest BCUT2D eigenvalue weighted by Crippen LogP contribution is 2.21. The molecule has 1 fully saturated rings. The molecule has 1 aliphatic heterocycles. The summed E-state index contributed by atoms with van der Waals surface area (Å²) in [5, 5.41) is 4.19. The van der Waals surface area contributed by atoms with Crippen LogP contribution in [0.5, 0.6) is 0 Å². The van der Waals surface area contributed by atoms with Gasteiger partial charge in [-0.2, -0.15) is 0 Å². The zero-order valence-corrected chi connectivity index (χ0v) is 13.3. The molecule has 0 spiro atoms. The molecule has 0 aromatic heterocycles. The maximum absolute atomic E-state index is 5.94. The van der Waals surface area contributed by atoms with Crippen LogP contribution in [-0.4, -0.2) is 43.4 Å². The van der Waals surface area contributed by atoms with Crippen LogP contribution >= 0.6 is 48.2 Å². The van der Waals surface area contributed by atoms with Crippen LogP contribution in [0.4, 0.5) is 0 Å². The molecule has 0 bridgehead atoms. The minimum atomic E-state index is 0. The van der Waals surface area contributed by atoms with Gasteiger partial charge in [0.15, 0.2) is 0 Å². The Morgan fingerprint density at radius 2 is 1.94 bits per heavy atom. The van der Waals surface area contributed by atoms with Crippen molar-refractivity contribution in [3.63, 3.8) is 0 Å². The fraction of sp³-hybridized carbons (Fsp3) is 0.500. The Bertz CT molecular complexity index is 333. The van der Waals surface area contributed by atoms with Crippen molar-refractivity contribution < 1.29 is 0 Å². The second-order valence-corrected chi connectivity index (χ2v) is 5.50. The second kappa shape index (κ2) is 10.2. The largest absolute Gasteiger partial charge is 0.314 e. The molecule has 0 amide bonds. The van der Waals surface area contributed by atoms with Crippen molar-refractivity contribution in [1.82, 2.24) is 10.2 Å². The summed E-state index contributed by atoms with van der Waals surface area (Å²) in [6.07, 6.45) is 0. The molecule has 1 saturated heterocycles. The molecule has 0 saturated carbocycles. The normalized spacial score (nSPS) is 15.6. The van der Waals surface area contributed by atoms with Crippen LogP contribution in [0, 0.1) is 0 Å². The van der Waals surface area contributed by atoms with Gasteiger partial charge in [0.05, 0.1) is 0 Å². The molecule has 1 aliphatic rings. The fourth-order valence-corrected chi connectivity index (χ4v) is 3.01. The van der Waals surface area contributed by atoms with Crippen molar-refractivity contribution in [2.75, 3.05) is 38.5 Å². The van der Waals surface area contributed by atoms with Crippen molar-refractivity contribution in [2.24, 2.45) is 0 Å². The predicted octanol–water partition coefficient (Wildman–Crippen LogP) is 3.18. The first-order valence-electron chi connectivity index (χ1n) is 5.66. The van der Waals surface area contributed by atoms with E-state index >= 15 is 0 Å². The first-order chi connectivity index (χ1) is 7.84. The van der Waals surface area contributed by atoms with Crippen LogP contribution in [0.15, 0.2) is 29.2 Å². The quantitative estimate of drug-likeness (QED) is 0.854. The molecular formula is C12H19Cl3N2S. The Labute approximate surface area is 131 Å². The van der Waals surface area contributed by atoms with E-state index in [1.807, 2.05) is 30.0 Å². The molecule has 0 atom stereocenters. The summed E-state index contributed by atoms with van der Waals surface area (Å²) in [6, 6.07) is 8.08. The summed E-state index contributed by atoms with van der Waals surface area (Å²) < 4.78 is 0. The van der Waals surface area contributed by atoms with Crippen LogP contribution in [0.1, 0.15) is 0 Å². The average molecular weight is 330 g/mol. The third-order valence-corrected chi connectivity index (χ3v) is 3.89. The second-order valence-electron chi connectivity index (χ2n) is 3.90. The van der Waals surface area contributed by atoms with E-state index in [2.05, 4.69) is 16.3 Å². The van der Waals surface area contributed by atoms with Gasteiger partial charge in [-0.3, -0.25) is 4.90 Å². The molecule has 1 heterocycles. The van der Waals surface area contributed by atoms with E-state index in [0.29, 0.717) is 0 Å². The summed E-state index contributed by atoms with van der Waals surface area (Å²) in [5.74, 6) is 1.14. The maximum atomic E-state index is 5.94. The Hall–Kier alpha value is 0.360. The molecule has 2 rings (SSSR count). The summed E-state index contributed by atoms with van der Waals surface area (Å²) >= 11 is 7.82. The number of nitrogens with one attached hydrogen (secondary N) is 1. The number of thioether (sulfide) groups is 1. The van der Waals surface area contributed by atoms with Gasteiger partial charge in [0, 0.05) is 48.4 Å². The smallest absolute Gasteiger partial charge is 0.0417 e. The average Bonchev–Trinajstić information content (AvgIpc) is 2.30. The summed E-state index contributed by atoms with van der Waals surface area (Å²) in [5.41, 5.74) is 0. The van der Waals surface area contributed by atoms with E-state index in [4.69, 9.17) is 11.6 Å². The van der Waals surface area contributed by atoms with Crippen LogP contribution in [0.2, 0.25) is 5.02 Å². The third-order valence-electron chi connectivity index (χ3n) is 2.68. The lowest BCUT2D eigenvalue weighted by Gasteiger charge is -2.26. The van der Waals surface area contributed by atoms with Crippen molar-refractivity contribution in [1.29, 1.82) is 0 Å². The van der Waals surface area contributed by atoms with Gasteiger partial charge in [-0.15, -0.1) is 36.6 Å². The molecular weight excluding hydrogens is 311 g/mol. The number of piperazine rings is 1. The van der Waals surface area contributed by atoms with Gasteiger partial charge in [0.1, 0.15) is 0 Å². The molecule has 0 aliphatic carbocycles. The molecule has 1 aromatic carbocycles. The Balaban J connectivity index is 0.00000144.